The Labute approximate surface area is 200 Å². The van der Waals surface area contributed by atoms with Crippen molar-refractivity contribution in [1.82, 2.24) is 20.0 Å². The molecule has 0 unspecified atom stereocenters. The van der Waals surface area contributed by atoms with Gasteiger partial charge in [-0.3, -0.25) is 14.5 Å². The summed E-state index contributed by atoms with van der Waals surface area (Å²) in [7, 11) is 0. The average molecular weight is 458 g/mol. The lowest BCUT2D eigenvalue weighted by Crippen LogP contribution is -2.35. The molecule has 1 aromatic heterocycles. The zero-order valence-corrected chi connectivity index (χ0v) is 19.8. The standard InChI is InChI=1S/C27H31N5O2/c1-18-3-11-24(12-4-18)32-25(15-19(2)30-32)29-26(33)17-31(23-13-14-23)16-20-5-7-21(8-6-20)27(34)28-22-9-10-22/h3-8,11-12,15,22-23H,9-10,13-14,16-17H2,1-2H3,(H,28,34)(H,29,33). The van der Waals surface area contributed by atoms with Crippen molar-refractivity contribution in [3.05, 3.63) is 77.0 Å². The number of anilines is 1. The maximum atomic E-state index is 13.0. The van der Waals surface area contributed by atoms with E-state index in [9.17, 15) is 9.59 Å². The van der Waals surface area contributed by atoms with Crippen molar-refractivity contribution in [2.24, 2.45) is 0 Å². The van der Waals surface area contributed by atoms with Gasteiger partial charge < -0.3 is 10.6 Å². The molecule has 5 rings (SSSR count). The molecule has 0 saturated heterocycles. The van der Waals surface area contributed by atoms with Gasteiger partial charge in [0.1, 0.15) is 5.82 Å². The maximum Gasteiger partial charge on any atom is 0.251 e. The van der Waals surface area contributed by atoms with Gasteiger partial charge in [0.25, 0.3) is 5.91 Å². The second kappa shape index (κ2) is 9.43. The Kier molecular flexibility index (Phi) is 6.20. The van der Waals surface area contributed by atoms with Crippen LogP contribution in [-0.2, 0) is 11.3 Å². The fraction of sp³-hybridized carbons (Fsp3) is 0.370. The number of nitrogens with zero attached hydrogens (tertiary/aromatic N) is 3. The van der Waals surface area contributed by atoms with Crippen molar-refractivity contribution in [3.63, 3.8) is 0 Å². The summed E-state index contributed by atoms with van der Waals surface area (Å²) in [6.45, 7) is 4.96. The molecule has 1 heterocycles. The highest BCUT2D eigenvalue weighted by atomic mass is 16.2. The third-order valence-electron chi connectivity index (χ3n) is 6.30. The van der Waals surface area contributed by atoms with E-state index in [1.807, 2.05) is 68.4 Å². The van der Waals surface area contributed by atoms with Crippen LogP contribution in [0.4, 0.5) is 5.82 Å². The van der Waals surface area contributed by atoms with Gasteiger partial charge in [-0.2, -0.15) is 5.10 Å². The molecule has 176 valence electrons. The van der Waals surface area contributed by atoms with E-state index in [-0.39, 0.29) is 11.8 Å². The minimum absolute atomic E-state index is 0.00652. The van der Waals surface area contributed by atoms with E-state index in [4.69, 9.17) is 0 Å². The van der Waals surface area contributed by atoms with E-state index in [2.05, 4.69) is 20.6 Å². The third kappa shape index (κ3) is 5.54. The van der Waals surface area contributed by atoms with Crippen LogP contribution in [0.25, 0.3) is 5.69 Å². The van der Waals surface area contributed by atoms with Crippen LogP contribution in [0.15, 0.2) is 54.6 Å². The highest BCUT2D eigenvalue weighted by molar-refractivity contribution is 5.94. The Morgan fingerprint density at radius 2 is 1.71 bits per heavy atom. The minimum Gasteiger partial charge on any atom is -0.349 e. The third-order valence-corrected chi connectivity index (χ3v) is 6.30. The lowest BCUT2D eigenvalue weighted by molar-refractivity contribution is -0.117. The first kappa shape index (κ1) is 22.3. The number of aryl methyl sites for hydroxylation is 2. The van der Waals surface area contributed by atoms with Gasteiger partial charge in [0, 0.05) is 30.3 Å². The van der Waals surface area contributed by atoms with Gasteiger partial charge in [-0.25, -0.2) is 4.68 Å². The summed E-state index contributed by atoms with van der Waals surface area (Å²) >= 11 is 0. The normalized spacial score (nSPS) is 15.4. The van der Waals surface area contributed by atoms with Crippen LogP contribution in [0.2, 0.25) is 0 Å². The van der Waals surface area contributed by atoms with Gasteiger partial charge in [0.15, 0.2) is 0 Å². The molecular weight excluding hydrogens is 426 g/mol. The predicted octanol–water partition coefficient (Wildman–Crippen LogP) is 3.98. The van der Waals surface area contributed by atoms with Crippen LogP contribution in [0.1, 0.15) is 52.9 Å². The Bertz CT molecular complexity index is 1170. The van der Waals surface area contributed by atoms with Gasteiger partial charge >= 0.3 is 0 Å². The number of rotatable bonds is 9. The molecule has 0 bridgehead atoms. The highest BCUT2D eigenvalue weighted by Gasteiger charge is 2.30. The minimum atomic E-state index is -0.0550. The average Bonchev–Trinajstić information content (AvgIpc) is 3.74. The van der Waals surface area contributed by atoms with E-state index in [0.29, 0.717) is 36.6 Å². The summed E-state index contributed by atoms with van der Waals surface area (Å²) in [5.41, 5.74) is 4.73. The summed E-state index contributed by atoms with van der Waals surface area (Å²) in [6.07, 6.45) is 4.37. The van der Waals surface area contributed by atoms with Crippen molar-refractivity contribution >= 4 is 17.6 Å². The van der Waals surface area contributed by atoms with Gasteiger partial charge in [-0.05, 0) is 69.4 Å². The van der Waals surface area contributed by atoms with Crippen LogP contribution in [0.3, 0.4) is 0 Å². The first-order chi connectivity index (χ1) is 16.4. The van der Waals surface area contributed by atoms with Crippen molar-refractivity contribution in [3.8, 4) is 5.69 Å². The summed E-state index contributed by atoms with van der Waals surface area (Å²) in [4.78, 5) is 27.4. The highest BCUT2D eigenvalue weighted by Crippen LogP contribution is 2.28. The Morgan fingerprint density at radius 3 is 2.35 bits per heavy atom. The molecule has 34 heavy (non-hydrogen) atoms. The van der Waals surface area contributed by atoms with Gasteiger partial charge in [0.2, 0.25) is 5.91 Å². The zero-order valence-electron chi connectivity index (χ0n) is 19.8. The maximum absolute atomic E-state index is 13.0. The zero-order chi connectivity index (χ0) is 23.7. The Morgan fingerprint density at radius 1 is 1.00 bits per heavy atom. The van der Waals surface area contributed by atoms with Crippen molar-refractivity contribution in [2.75, 3.05) is 11.9 Å². The number of carbonyl (C=O) groups is 2. The molecule has 7 heteroatoms. The first-order valence-electron chi connectivity index (χ1n) is 12.0. The number of amides is 2. The summed E-state index contributed by atoms with van der Waals surface area (Å²) in [5, 5.41) is 10.6. The Hall–Kier alpha value is -3.45. The predicted molar refractivity (Wildman–Crippen MR) is 132 cm³/mol. The van der Waals surface area contributed by atoms with E-state index in [1.54, 1.807) is 4.68 Å². The van der Waals surface area contributed by atoms with Crippen molar-refractivity contribution in [2.45, 2.75) is 58.2 Å². The number of carbonyl (C=O) groups excluding carboxylic acids is 2. The molecule has 2 N–H and O–H groups in total. The molecule has 3 aromatic rings. The molecule has 2 fully saturated rings. The number of hydrogen-bond donors (Lipinski definition) is 2. The van der Waals surface area contributed by atoms with Crippen LogP contribution in [0.5, 0.6) is 0 Å². The van der Waals surface area contributed by atoms with Crippen LogP contribution in [-0.4, -0.2) is 45.1 Å². The SMILES string of the molecule is Cc1ccc(-n2nc(C)cc2NC(=O)CN(Cc2ccc(C(=O)NC3CC3)cc2)C2CC2)cc1. The number of nitrogens with one attached hydrogen (secondary N) is 2. The lowest BCUT2D eigenvalue weighted by atomic mass is 10.1. The van der Waals surface area contributed by atoms with Crippen molar-refractivity contribution < 1.29 is 9.59 Å². The molecule has 0 atom stereocenters. The van der Waals surface area contributed by atoms with E-state index in [0.717, 1.165) is 42.6 Å². The summed E-state index contributed by atoms with van der Waals surface area (Å²) in [5.74, 6) is 0.613. The molecule has 0 spiro atoms. The van der Waals surface area contributed by atoms with Crippen molar-refractivity contribution in [1.29, 1.82) is 0 Å². The monoisotopic (exact) mass is 457 g/mol. The number of benzene rings is 2. The second-order valence-electron chi connectivity index (χ2n) is 9.55. The first-order valence-corrected chi connectivity index (χ1v) is 12.0. The molecule has 2 aromatic carbocycles. The summed E-state index contributed by atoms with van der Waals surface area (Å²) in [6, 6.07) is 18.5. The molecule has 0 aliphatic heterocycles. The number of aromatic nitrogens is 2. The molecule has 2 aliphatic rings. The van der Waals surface area contributed by atoms with Crippen LogP contribution >= 0.6 is 0 Å². The van der Waals surface area contributed by atoms with Gasteiger partial charge in [-0.1, -0.05) is 29.8 Å². The molecule has 2 amide bonds. The molecular formula is C27H31N5O2. The lowest BCUT2D eigenvalue weighted by Gasteiger charge is -2.22. The number of hydrogen-bond acceptors (Lipinski definition) is 4. The van der Waals surface area contributed by atoms with Gasteiger partial charge in [0.05, 0.1) is 17.9 Å². The topological polar surface area (TPSA) is 79.3 Å². The summed E-state index contributed by atoms with van der Waals surface area (Å²) < 4.78 is 1.78. The van der Waals surface area contributed by atoms with Gasteiger partial charge in [-0.15, -0.1) is 0 Å². The molecule has 0 radical (unpaired) electrons. The fourth-order valence-electron chi connectivity index (χ4n) is 4.08. The Balaban J connectivity index is 1.23. The molecule has 2 saturated carbocycles. The van der Waals surface area contributed by atoms with E-state index >= 15 is 0 Å². The molecule has 7 nitrogen and oxygen atoms in total. The van der Waals surface area contributed by atoms with E-state index < -0.39 is 0 Å². The quantitative estimate of drug-likeness (QED) is 0.509. The largest absolute Gasteiger partial charge is 0.349 e. The fourth-order valence-corrected chi connectivity index (χ4v) is 4.08. The smallest absolute Gasteiger partial charge is 0.251 e. The van der Waals surface area contributed by atoms with Crippen LogP contribution in [0, 0.1) is 13.8 Å². The van der Waals surface area contributed by atoms with E-state index in [1.165, 1.54) is 5.56 Å². The molecule has 2 aliphatic carbocycles. The van der Waals surface area contributed by atoms with Crippen LogP contribution < -0.4 is 10.6 Å². The second-order valence-corrected chi connectivity index (χ2v) is 9.55.